The molecule has 0 aliphatic carbocycles. The van der Waals surface area contributed by atoms with Gasteiger partial charge >= 0.3 is 0 Å². The van der Waals surface area contributed by atoms with Gasteiger partial charge in [0, 0.05) is 14.2 Å². The minimum atomic E-state index is 0.0787. The van der Waals surface area contributed by atoms with Crippen LogP contribution in [0, 0.1) is 0 Å². The highest BCUT2D eigenvalue weighted by Crippen LogP contribution is 1.92. The van der Waals surface area contributed by atoms with Crippen molar-refractivity contribution in [1.82, 2.24) is 4.90 Å². The van der Waals surface area contributed by atoms with Crippen molar-refractivity contribution in [2.45, 2.75) is 6.23 Å². The van der Waals surface area contributed by atoms with E-state index in [0.717, 1.165) is 0 Å². The first-order valence-electron chi connectivity index (χ1n) is 2.90. The first kappa shape index (κ1) is 8.88. The van der Waals surface area contributed by atoms with E-state index in [0.29, 0.717) is 6.61 Å². The third-order valence-electron chi connectivity index (χ3n) is 1.16. The van der Waals surface area contributed by atoms with Gasteiger partial charge in [0.25, 0.3) is 0 Å². The van der Waals surface area contributed by atoms with E-state index in [1.165, 1.54) is 0 Å². The van der Waals surface area contributed by atoms with Crippen molar-refractivity contribution in [2.24, 2.45) is 0 Å². The van der Waals surface area contributed by atoms with Gasteiger partial charge in [0.1, 0.15) is 6.23 Å². The first-order valence-corrected chi connectivity index (χ1v) is 2.90. The fourth-order valence-corrected chi connectivity index (χ4v) is 0.571. The second kappa shape index (κ2) is 4.73. The van der Waals surface area contributed by atoms with Gasteiger partial charge in [-0.05, 0) is 14.1 Å². The van der Waals surface area contributed by atoms with Crippen molar-refractivity contribution in [3.63, 3.8) is 0 Å². The van der Waals surface area contributed by atoms with Crippen LogP contribution in [0.1, 0.15) is 0 Å². The molecule has 0 bridgehead atoms. The van der Waals surface area contributed by atoms with E-state index in [1.807, 2.05) is 19.0 Å². The third kappa shape index (κ3) is 3.46. The summed E-state index contributed by atoms with van der Waals surface area (Å²) in [5.41, 5.74) is 0. The first-order chi connectivity index (χ1) is 4.22. The maximum absolute atomic E-state index is 5.05. The van der Waals surface area contributed by atoms with Crippen molar-refractivity contribution >= 4 is 0 Å². The summed E-state index contributed by atoms with van der Waals surface area (Å²) >= 11 is 0. The zero-order chi connectivity index (χ0) is 7.28. The summed E-state index contributed by atoms with van der Waals surface area (Å²) in [5.74, 6) is 0. The largest absolute Gasteiger partial charge is 0.381 e. The van der Waals surface area contributed by atoms with Crippen molar-refractivity contribution < 1.29 is 9.47 Å². The maximum Gasteiger partial charge on any atom is 0.133 e. The Morgan fingerprint density at radius 3 is 2.00 bits per heavy atom. The number of rotatable bonds is 4. The molecule has 0 amide bonds. The fraction of sp³-hybridized carbons (Fsp3) is 1.00. The minimum absolute atomic E-state index is 0.0787. The normalized spacial score (nSPS) is 14.3. The van der Waals surface area contributed by atoms with Gasteiger partial charge in [-0.3, -0.25) is 4.90 Å². The molecular formula is C6H15NO2. The molecule has 1 atom stereocenters. The predicted molar refractivity (Wildman–Crippen MR) is 36.4 cm³/mol. The summed E-state index contributed by atoms with van der Waals surface area (Å²) in [6.07, 6.45) is 0.0787. The van der Waals surface area contributed by atoms with Gasteiger partial charge in [0.2, 0.25) is 0 Å². The van der Waals surface area contributed by atoms with Crippen LogP contribution in [0.4, 0.5) is 0 Å². The Kier molecular flexibility index (Phi) is 4.67. The number of hydrogen-bond acceptors (Lipinski definition) is 3. The van der Waals surface area contributed by atoms with Crippen LogP contribution in [-0.2, 0) is 9.47 Å². The van der Waals surface area contributed by atoms with E-state index in [1.54, 1.807) is 14.2 Å². The van der Waals surface area contributed by atoms with Gasteiger partial charge < -0.3 is 9.47 Å². The third-order valence-corrected chi connectivity index (χ3v) is 1.16. The summed E-state index contributed by atoms with van der Waals surface area (Å²) < 4.78 is 9.94. The Morgan fingerprint density at radius 2 is 1.89 bits per heavy atom. The van der Waals surface area contributed by atoms with Crippen molar-refractivity contribution in [1.29, 1.82) is 0 Å². The lowest BCUT2D eigenvalue weighted by atomic mass is 10.5. The second-order valence-electron chi connectivity index (χ2n) is 2.11. The number of nitrogens with zero attached hydrogens (tertiary/aromatic N) is 1. The molecule has 9 heavy (non-hydrogen) atoms. The molecule has 0 aliphatic rings. The molecule has 0 fully saturated rings. The number of methoxy groups -OCH3 is 2. The second-order valence-corrected chi connectivity index (χ2v) is 2.11. The molecule has 0 heterocycles. The van der Waals surface area contributed by atoms with Gasteiger partial charge in [-0.15, -0.1) is 0 Å². The maximum atomic E-state index is 5.05. The summed E-state index contributed by atoms with van der Waals surface area (Å²) in [4.78, 5) is 1.96. The molecule has 3 heteroatoms. The number of likely N-dealkylation sites (N-methyl/N-ethyl adjacent to an activating group) is 1. The highest BCUT2D eigenvalue weighted by atomic mass is 16.5. The highest BCUT2D eigenvalue weighted by Gasteiger charge is 2.06. The molecule has 56 valence electrons. The van der Waals surface area contributed by atoms with Gasteiger partial charge in [-0.1, -0.05) is 0 Å². The summed E-state index contributed by atoms with van der Waals surface area (Å²) in [6.45, 7) is 0.615. The standard InChI is InChI=1S/C6H15NO2/c1-7(2)6(9-4)5-8-3/h6H,5H2,1-4H3. The van der Waals surface area contributed by atoms with Crippen LogP contribution in [0.3, 0.4) is 0 Å². The molecule has 0 aromatic carbocycles. The van der Waals surface area contributed by atoms with Gasteiger partial charge in [0.05, 0.1) is 6.61 Å². The van der Waals surface area contributed by atoms with Crippen molar-refractivity contribution in [3.8, 4) is 0 Å². The van der Waals surface area contributed by atoms with Crippen LogP contribution < -0.4 is 0 Å². The van der Waals surface area contributed by atoms with E-state index in [-0.39, 0.29) is 6.23 Å². The smallest absolute Gasteiger partial charge is 0.133 e. The van der Waals surface area contributed by atoms with Crippen LogP contribution in [0.25, 0.3) is 0 Å². The molecule has 0 spiro atoms. The molecular weight excluding hydrogens is 118 g/mol. The molecule has 3 nitrogen and oxygen atoms in total. The Morgan fingerprint density at radius 1 is 1.33 bits per heavy atom. The van der Waals surface area contributed by atoms with Crippen LogP contribution in [0.2, 0.25) is 0 Å². The average molecular weight is 133 g/mol. The molecule has 0 radical (unpaired) electrons. The van der Waals surface area contributed by atoms with E-state index in [9.17, 15) is 0 Å². The number of hydrogen-bond donors (Lipinski definition) is 0. The lowest BCUT2D eigenvalue weighted by Crippen LogP contribution is -2.33. The van der Waals surface area contributed by atoms with Crippen LogP contribution in [0.15, 0.2) is 0 Å². The molecule has 0 saturated heterocycles. The summed E-state index contributed by atoms with van der Waals surface area (Å²) in [5, 5.41) is 0. The Hall–Kier alpha value is -0.120. The van der Waals surface area contributed by atoms with Gasteiger partial charge in [-0.2, -0.15) is 0 Å². The summed E-state index contributed by atoms with van der Waals surface area (Å²) in [7, 11) is 7.24. The molecule has 0 rings (SSSR count). The minimum Gasteiger partial charge on any atom is -0.381 e. The van der Waals surface area contributed by atoms with Crippen molar-refractivity contribution in [2.75, 3.05) is 34.9 Å². The topological polar surface area (TPSA) is 21.7 Å². The molecule has 0 aliphatic heterocycles. The fourth-order valence-electron chi connectivity index (χ4n) is 0.571. The highest BCUT2D eigenvalue weighted by molar-refractivity contribution is 4.49. The zero-order valence-corrected chi connectivity index (χ0v) is 6.55. The molecule has 0 saturated carbocycles. The SMILES string of the molecule is COCC(OC)N(C)C. The van der Waals surface area contributed by atoms with Crippen molar-refractivity contribution in [3.05, 3.63) is 0 Å². The lowest BCUT2D eigenvalue weighted by Gasteiger charge is -2.21. The molecule has 0 N–H and O–H groups in total. The number of ether oxygens (including phenoxy) is 2. The van der Waals surface area contributed by atoms with Gasteiger partial charge in [0.15, 0.2) is 0 Å². The predicted octanol–water partition coefficient (Wildman–Crippen LogP) is 0.167. The molecule has 0 aromatic rings. The Bertz CT molecular complexity index is 66.1. The van der Waals surface area contributed by atoms with Crippen LogP contribution in [-0.4, -0.2) is 46.0 Å². The van der Waals surface area contributed by atoms with E-state index in [2.05, 4.69) is 0 Å². The monoisotopic (exact) mass is 133 g/mol. The van der Waals surface area contributed by atoms with E-state index in [4.69, 9.17) is 9.47 Å². The van der Waals surface area contributed by atoms with Gasteiger partial charge in [-0.25, -0.2) is 0 Å². The lowest BCUT2D eigenvalue weighted by molar-refractivity contribution is -0.0518. The average Bonchev–Trinajstić information content (AvgIpc) is 1.82. The van der Waals surface area contributed by atoms with Crippen LogP contribution in [0.5, 0.6) is 0 Å². The Labute approximate surface area is 56.6 Å². The molecule has 1 unspecified atom stereocenters. The van der Waals surface area contributed by atoms with E-state index < -0.39 is 0 Å². The van der Waals surface area contributed by atoms with Crippen LogP contribution >= 0.6 is 0 Å². The molecule has 0 aromatic heterocycles. The zero-order valence-electron chi connectivity index (χ0n) is 6.55. The van der Waals surface area contributed by atoms with E-state index >= 15 is 0 Å². The summed E-state index contributed by atoms with van der Waals surface area (Å²) in [6, 6.07) is 0. The Balaban J connectivity index is 3.41. The quantitative estimate of drug-likeness (QED) is 0.510.